The number of ether oxygens (including phenoxy) is 3. The molecule has 0 amide bonds. The van der Waals surface area contributed by atoms with Crippen LogP contribution in [0.15, 0.2) is 46.1 Å². The van der Waals surface area contributed by atoms with Crippen molar-refractivity contribution in [1.82, 2.24) is 0 Å². The molecule has 1 aromatic carbocycles. The third-order valence-corrected chi connectivity index (χ3v) is 3.90. The summed E-state index contributed by atoms with van der Waals surface area (Å²) in [6.45, 7) is 0. The van der Waals surface area contributed by atoms with Gasteiger partial charge in [0.25, 0.3) is 0 Å². The van der Waals surface area contributed by atoms with Gasteiger partial charge in [0.2, 0.25) is 0 Å². The second-order valence-electron chi connectivity index (χ2n) is 4.94. The first-order valence-corrected chi connectivity index (χ1v) is 7.81. The number of rotatable bonds is 5. The normalized spacial score (nSPS) is 17.3. The van der Waals surface area contributed by atoms with E-state index in [1.807, 2.05) is 30.3 Å². The Morgan fingerprint density at radius 1 is 1.22 bits per heavy atom. The molecule has 5 nitrogen and oxygen atoms in total. The molecular formula is C17H17BrO5. The molecule has 0 bridgehead atoms. The predicted octanol–water partition coefficient (Wildman–Crippen LogP) is 3.24. The Morgan fingerprint density at radius 2 is 1.91 bits per heavy atom. The number of hydrogen-bond acceptors (Lipinski definition) is 5. The number of hydrogen-bond donors (Lipinski definition) is 0. The number of benzene rings is 1. The quantitative estimate of drug-likeness (QED) is 0.733. The van der Waals surface area contributed by atoms with Crippen molar-refractivity contribution in [3.05, 3.63) is 51.7 Å². The van der Waals surface area contributed by atoms with E-state index in [0.29, 0.717) is 17.8 Å². The lowest BCUT2D eigenvalue weighted by Gasteiger charge is -2.09. The molecule has 6 heteroatoms. The molecule has 0 spiro atoms. The minimum Gasteiger partial charge on any atom is -0.489 e. The van der Waals surface area contributed by atoms with Gasteiger partial charge in [-0.25, -0.2) is 4.79 Å². The lowest BCUT2D eigenvalue weighted by molar-refractivity contribution is -0.143. The summed E-state index contributed by atoms with van der Waals surface area (Å²) >= 11 is 3.38. The van der Waals surface area contributed by atoms with Crippen molar-refractivity contribution in [2.24, 2.45) is 0 Å². The van der Waals surface area contributed by atoms with Crippen LogP contribution < -0.4 is 0 Å². The van der Waals surface area contributed by atoms with Gasteiger partial charge in [-0.3, -0.25) is 4.79 Å². The van der Waals surface area contributed by atoms with Crippen LogP contribution >= 0.6 is 15.9 Å². The molecule has 23 heavy (non-hydrogen) atoms. The maximum atomic E-state index is 11.9. The number of carbonyl (C=O) groups excluding carboxylic acids is 2. The van der Waals surface area contributed by atoms with Gasteiger partial charge in [-0.2, -0.15) is 0 Å². The van der Waals surface area contributed by atoms with E-state index in [1.165, 1.54) is 14.2 Å². The highest BCUT2D eigenvalue weighted by molar-refractivity contribution is 9.10. The van der Waals surface area contributed by atoms with E-state index in [2.05, 4.69) is 20.7 Å². The Labute approximate surface area is 143 Å². The minimum absolute atomic E-state index is 0.0899. The van der Waals surface area contributed by atoms with Crippen LogP contribution in [0, 0.1) is 0 Å². The van der Waals surface area contributed by atoms with E-state index < -0.39 is 12.1 Å². The van der Waals surface area contributed by atoms with Crippen LogP contribution in [0.2, 0.25) is 0 Å². The molecule has 122 valence electrons. The smallest absolute Gasteiger partial charge is 0.337 e. The van der Waals surface area contributed by atoms with Crippen LogP contribution in [-0.4, -0.2) is 32.3 Å². The van der Waals surface area contributed by atoms with Gasteiger partial charge in [-0.1, -0.05) is 34.1 Å². The average molecular weight is 381 g/mol. The van der Waals surface area contributed by atoms with Crippen molar-refractivity contribution in [2.75, 3.05) is 14.2 Å². The molecule has 1 unspecified atom stereocenters. The van der Waals surface area contributed by atoms with Crippen molar-refractivity contribution in [3.8, 4) is 0 Å². The zero-order chi connectivity index (χ0) is 16.8. The topological polar surface area (TPSA) is 61.8 Å². The molecule has 0 aromatic heterocycles. The number of halogens is 1. The van der Waals surface area contributed by atoms with E-state index in [0.717, 1.165) is 10.0 Å². The highest BCUT2D eigenvalue weighted by Crippen LogP contribution is 2.29. The predicted molar refractivity (Wildman–Crippen MR) is 88.3 cm³/mol. The van der Waals surface area contributed by atoms with Crippen LogP contribution in [0.25, 0.3) is 6.08 Å². The molecule has 1 aromatic rings. The Bertz CT molecular complexity index is 645. The largest absolute Gasteiger partial charge is 0.489 e. The van der Waals surface area contributed by atoms with Crippen molar-refractivity contribution in [3.63, 3.8) is 0 Å². The molecule has 1 aliphatic rings. The number of carbonyl (C=O) groups is 2. The monoisotopic (exact) mass is 380 g/mol. The van der Waals surface area contributed by atoms with Gasteiger partial charge < -0.3 is 14.2 Å². The van der Waals surface area contributed by atoms with Gasteiger partial charge in [0.15, 0.2) is 0 Å². The summed E-state index contributed by atoms with van der Waals surface area (Å²) in [4.78, 5) is 23.2. The molecule has 1 heterocycles. The van der Waals surface area contributed by atoms with E-state index in [4.69, 9.17) is 9.47 Å². The van der Waals surface area contributed by atoms with E-state index >= 15 is 0 Å². The summed E-state index contributed by atoms with van der Waals surface area (Å²) in [5, 5.41) is 0. The van der Waals surface area contributed by atoms with E-state index in [9.17, 15) is 9.59 Å². The van der Waals surface area contributed by atoms with Gasteiger partial charge in [-0.15, -0.1) is 0 Å². The average Bonchev–Trinajstić information content (AvgIpc) is 2.96. The molecule has 0 saturated carbocycles. The molecule has 1 atom stereocenters. The highest BCUT2D eigenvalue weighted by atomic mass is 79.9. The second kappa shape index (κ2) is 7.97. The van der Waals surface area contributed by atoms with Gasteiger partial charge in [0.1, 0.15) is 11.9 Å². The van der Waals surface area contributed by atoms with Gasteiger partial charge in [0.05, 0.1) is 26.2 Å². The first kappa shape index (κ1) is 17.3. The Kier molecular flexibility index (Phi) is 5.98. The molecule has 0 saturated heterocycles. The second-order valence-corrected chi connectivity index (χ2v) is 5.86. The fraction of sp³-hybridized carbons (Fsp3) is 0.294. The van der Waals surface area contributed by atoms with Crippen molar-refractivity contribution >= 4 is 33.9 Å². The van der Waals surface area contributed by atoms with Crippen LogP contribution in [0.3, 0.4) is 0 Å². The summed E-state index contributed by atoms with van der Waals surface area (Å²) in [7, 11) is 2.64. The molecule has 0 N–H and O–H groups in total. The summed E-state index contributed by atoms with van der Waals surface area (Å²) in [5.41, 5.74) is 1.39. The lowest BCUT2D eigenvalue weighted by atomic mass is 10.1. The van der Waals surface area contributed by atoms with Gasteiger partial charge in [-0.05, 0) is 23.8 Å². The maximum Gasteiger partial charge on any atom is 0.337 e. The maximum absolute atomic E-state index is 11.9. The standard InChI is InChI=1S/C17H17BrO5/c1-21-16(19)10-13-9-14(17(20)22-2)15(23-13)8-5-11-3-6-12(18)7-4-11/h3-8,13H,9-10H2,1-2H3/b8-5+. The minimum atomic E-state index is -0.451. The fourth-order valence-corrected chi connectivity index (χ4v) is 2.46. The molecule has 0 fully saturated rings. The van der Waals surface area contributed by atoms with Crippen LogP contribution in [0.1, 0.15) is 18.4 Å². The van der Waals surface area contributed by atoms with Crippen molar-refractivity contribution < 1.29 is 23.8 Å². The van der Waals surface area contributed by atoms with E-state index in [1.54, 1.807) is 6.08 Å². The van der Waals surface area contributed by atoms with Gasteiger partial charge >= 0.3 is 11.9 Å². The summed E-state index contributed by atoms with van der Waals surface area (Å²) in [6.07, 6.45) is 3.55. The number of methoxy groups -OCH3 is 2. The first-order chi connectivity index (χ1) is 11.0. The van der Waals surface area contributed by atoms with Gasteiger partial charge in [0, 0.05) is 10.9 Å². The first-order valence-electron chi connectivity index (χ1n) is 7.02. The zero-order valence-corrected chi connectivity index (χ0v) is 14.5. The summed E-state index contributed by atoms with van der Waals surface area (Å²) in [6, 6.07) is 7.70. The highest BCUT2D eigenvalue weighted by Gasteiger charge is 2.31. The summed E-state index contributed by atoms with van der Waals surface area (Å²) < 4.78 is 16.1. The molecule has 1 aliphatic heterocycles. The Balaban J connectivity index is 2.15. The summed E-state index contributed by atoms with van der Waals surface area (Å²) in [5.74, 6) is -0.404. The third kappa shape index (κ3) is 4.69. The molecule has 0 aliphatic carbocycles. The molecule has 2 rings (SSSR count). The Hall–Kier alpha value is -2.08. The van der Waals surface area contributed by atoms with E-state index in [-0.39, 0.29) is 12.4 Å². The lowest BCUT2D eigenvalue weighted by Crippen LogP contribution is -2.15. The molecule has 0 radical (unpaired) electrons. The fourth-order valence-electron chi connectivity index (χ4n) is 2.20. The SMILES string of the molecule is COC(=O)CC1CC(C(=O)OC)=C(/C=C/c2ccc(Br)cc2)O1. The van der Waals surface area contributed by atoms with Crippen LogP contribution in [0.5, 0.6) is 0 Å². The number of allylic oxidation sites excluding steroid dienone is 1. The third-order valence-electron chi connectivity index (χ3n) is 3.37. The zero-order valence-electron chi connectivity index (χ0n) is 12.9. The Morgan fingerprint density at radius 3 is 2.52 bits per heavy atom. The number of esters is 2. The van der Waals surface area contributed by atoms with Crippen molar-refractivity contribution in [1.29, 1.82) is 0 Å². The van der Waals surface area contributed by atoms with Crippen LogP contribution in [0.4, 0.5) is 0 Å². The van der Waals surface area contributed by atoms with Crippen molar-refractivity contribution in [2.45, 2.75) is 18.9 Å². The molecular weight excluding hydrogens is 364 g/mol. The van der Waals surface area contributed by atoms with Crippen LogP contribution in [-0.2, 0) is 23.8 Å².